The normalized spacial score (nSPS) is 19.8. The number of rotatable bonds is 1. The van der Waals surface area contributed by atoms with Gasteiger partial charge in [0.15, 0.2) is 0 Å². The Morgan fingerprint density at radius 1 is 1.27 bits per heavy atom. The molecule has 0 amide bonds. The number of nitrogens with zero attached hydrogens (tertiary/aromatic N) is 1. The second-order valence-electron chi connectivity index (χ2n) is 3.35. The molecule has 0 spiro atoms. The van der Waals surface area contributed by atoms with E-state index in [1.807, 2.05) is 13.8 Å². The highest BCUT2D eigenvalue weighted by Crippen LogP contribution is 2.39. The molecule has 0 atom stereocenters. The molecule has 1 heteroatoms. The van der Waals surface area contributed by atoms with Crippen molar-refractivity contribution in [1.82, 2.24) is 0 Å². The van der Waals surface area contributed by atoms with Gasteiger partial charge in [-0.25, -0.2) is 0 Å². The van der Waals surface area contributed by atoms with Gasteiger partial charge in [-0.3, -0.25) is 0 Å². The van der Waals surface area contributed by atoms with Gasteiger partial charge in [0.1, 0.15) is 0 Å². The molecule has 1 fully saturated rings. The van der Waals surface area contributed by atoms with E-state index in [0.29, 0.717) is 5.41 Å². The van der Waals surface area contributed by atoms with E-state index in [-0.39, 0.29) is 0 Å². The van der Waals surface area contributed by atoms with Crippen LogP contribution in [0.4, 0.5) is 0 Å². The van der Waals surface area contributed by atoms with E-state index in [2.05, 4.69) is 13.0 Å². The highest BCUT2D eigenvalue weighted by atomic mass is 14.3. The van der Waals surface area contributed by atoms with E-state index in [1.54, 1.807) is 0 Å². The fourth-order valence-electron chi connectivity index (χ4n) is 1.60. The van der Waals surface area contributed by atoms with Gasteiger partial charge in [-0.15, -0.1) is 0 Å². The maximum absolute atomic E-state index is 8.44. The molecule has 0 N–H and O–H groups in total. The van der Waals surface area contributed by atoms with E-state index >= 15 is 0 Å². The first kappa shape index (κ1) is 10.5. The fourth-order valence-corrected chi connectivity index (χ4v) is 1.60. The molecule has 0 bridgehead atoms. The third kappa shape index (κ3) is 3.41. The van der Waals surface area contributed by atoms with Crippen molar-refractivity contribution < 1.29 is 0 Å². The smallest absolute Gasteiger partial charge is 0.0627 e. The molecule has 1 rings (SSSR count). The van der Waals surface area contributed by atoms with Crippen LogP contribution in [0.1, 0.15) is 52.9 Å². The monoisotopic (exact) mass is 153 g/mol. The fraction of sp³-hybridized carbons (Fsp3) is 0.900. The number of hydrogen-bond donors (Lipinski definition) is 0. The Morgan fingerprint density at radius 2 is 1.73 bits per heavy atom. The van der Waals surface area contributed by atoms with Crippen molar-refractivity contribution in [3.63, 3.8) is 0 Å². The summed E-state index contributed by atoms with van der Waals surface area (Å²) in [6.45, 7) is 6.23. The van der Waals surface area contributed by atoms with Gasteiger partial charge >= 0.3 is 0 Å². The lowest BCUT2D eigenvalue weighted by molar-refractivity contribution is 0.346. The Labute approximate surface area is 70.4 Å². The topological polar surface area (TPSA) is 23.8 Å². The minimum absolute atomic E-state index is 0.384. The summed E-state index contributed by atoms with van der Waals surface area (Å²) in [7, 11) is 0. The quantitative estimate of drug-likeness (QED) is 0.565. The van der Waals surface area contributed by atoms with E-state index in [9.17, 15) is 0 Å². The molecule has 1 aliphatic carbocycles. The van der Waals surface area contributed by atoms with Gasteiger partial charge in [-0.1, -0.05) is 33.6 Å². The summed E-state index contributed by atoms with van der Waals surface area (Å²) in [6, 6.07) is 2.25. The molecule has 0 aromatic carbocycles. The Morgan fingerprint density at radius 3 is 2.09 bits per heavy atom. The van der Waals surface area contributed by atoms with Crippen molar-refractivity contribution in [2.45, 2.75) is 52.9 Å². The molecule has 1 saturated carbocycles. The molecule has 0 aliphatic heterocycles. The van der Waals surface area contributed by atoms with Crippen molar-refractivity contribution in [1.29, 1.82) is 5.26 Å². The summed E-state index contributed by atoms with van der Waals surface area (Å²) in [5.74, 6) is 0. The lowest BCUT2D eigenvalue weighted by Crippen LogP contribution is -2.08. The molecule has 1 nitrogen and oxygen atoms in total. The minimum atomic E-state index is 0.384. The number of hydrogen-bond acceptors (Lipinski definition) is 1. The first-order chi connectivity index (χ1) is 5.27. The second kappa shape index (κ2) is 5.18. The molecule has 0 radical (unpaired) electrons. The summed E-state index contributed by atoms with van der Waals surface area (Å²) >= 11 is 0. The van der Waals surface area contributed by atoms with Gasteiger partial charge in [0.25, 0.3) is 0 Å². The van der Waals surface area contributed by atoms with Gasteiger partial charge in [-0.05, 0) is 18.3 Å². The van der Waals surface area contributed by atoms with Crippen LogP contribution in [-0.4, -0.2) is 0 Å². The van der Waals surface area contributed by atoms with Gasteiger partial charge in [0, 0.05) is 6.42 Å². The molecule has 0 heterocycles. The summed E-state index contributed by atoms with van der Waals surface area (Å²) in [5, 5.41) is 8.44. The first-order valence-electron chi connectivity index (χ1n) is 4.64. The summed E-state index contributed by atoms with van der Waals surface area (Å²) in [5.41, 5.74) is 0.384. The number of nitriles is 1. The van der Waals surface area contributed by atoms with Crippen LogP contribution in [0.5, 0.6) is 0 Å². The molecule has 11 heavy (non-hydrogen) atoms. The van der Waals surface area contributed by atoms with Crippen LogP contribution < -0.4 is 0 Å². The largest absolute Gasteiger partial charge is 0.198 e. The van der Waals surface area contributed by atoms with Crippen LogP contribution in [0, 0.1) is 16.7 Å². The van der Waals surface area contributed by atoms with Crippen molar-refractivity contribution in [3.8, 4) is 6.07 Å². The zero-order valence-corrected chi connectivity index (χ0v) is 7.98. The summed E-state index contributed by atoms with van der Waals surface area (Å²) < 4.78 is 0. The van der Waals surface area contributed by atoms with Crippen molar-refractivity contribution >= 4 is 0 Å². The van der Waals surface area contributed by atoms with E-state index in [1.165, 1.54) is 25.7 Å². The summed E-state index contributed by atoms with van der Waals surface area (Å²) in [4.78, 5) is 0. The Balaban J connectivity index is 0.000000461. The highest BCUT2D eigenvalue weighted by molar-refractivity contribution is 4.88. The van der Waals surface area contributed by atoms with Crippen LogP contribution in [0.15, 0.2) is 0 Å². The average molecular weight is 153 g/mol. The van der Waals surface area contributed by atoms with E-state index in [0.717, 1.165) is 6.42 Å². The standard InChI is InChI=1S/C8H13N.C2H6/c1-8(6-7-9)4-2-3-5-8;1-2/h2-6H2,1H3;1-2H3. The van der Waals surface area contributed by atoms with Crippen LogP contribution >= 0.6 is 0 Å². The summed E-state index contributed by atoms with van der Waals surface area (Å²) in [6.07, 6.45) is 5.95. The second-order valence-corrected chi connectivity index (χ2v) is 3.35. The maximum atomic E-state index is 8.44. The lowest BCUT2D eigenvalue weighted by atomic mass is 9.86. The van der Waals surface area contributed by atoms with Crippen LogP contribution in [0.25, 0.3) is 0 Å². The van der Waals surface area contributed by atoms with Crippen LogP contribution in [0.3, 0.4) is 0 Å². The molecule has 0 aromatic heterocycles. The molecule has 0 saturated heterocycles. The minimum Gasteiger partial charge on any atom is -0.198 e. The first-order valence-corrected chi connectivity index (χ1v) is 4.64. The third-order valence-corrected chi connectivity index (χ3v) is 2.32. The maximum Gasteiger partial charge on any atom is 0.0627 e. The van der Waals surface area contributed by atoms with E-state index < -0.39 is 0 Å². The molecule has 1 aliphatic rings. The van der Waals surface area contributed by atoms with Crippen molar-refractivity contribution in [2.75, 3.05) is 0 Å². The molecular formula is C10H19N. The Kier molecular flexibility index (Phi) is 4.94. The molecule has 64 valence electrons. The lowest BCUT2D eigenvalue weighted by Gasteiger charge is -2.17. The SMILES string of the molecule is CC.CC1(CC#N)CCCC1. The highest BCUT2D eigenvalue weighted by Gasteiger charge is 2.27. The Hall–Kier alpha value is -0.510. The zero-order chi connectivity index (χ0) is 8.74. The Bertz CT molecular complexity index is 126. The molecular weight excluding hydrogens is 134 g/mol. The molecule has 0 aromatic rings. The van der Waals surface area contributed by atoms with Crippen molar-refractivity contribution in [3.05, 3.63) is 0 Å². The average Bonchev–Trinajstić information content (AvgIpc) is 2.41. The van der Waals surface area contributed by atoms with Crippen LogP contribution in [0.2, 0.25) is 0 Å². The van der Waals surface area contributed by atoms with E-state index in [4.69, 9.17) is 5.26 Å². The zero-order valence-electron chi connectivity index (χ0n) is 7.98. The van der Waals surface area contributed by atoms with Crippen molar-refractivity contribution in [2.24, 2.45) is 5.41 Å². The van der Waals surface area contributed by atoms with Gasteiger partial charge in [0.2, 0.25) is 0 Å². The predicted octanol–water partition coefficient (Wildman–Crippen LogP) is 3.51. The van der Waals surface area contributed by atoms with Gasteiger partial charge in [0.05, 0.1) is 6.07 Å². The van der Waals surface area contributed by atoms with Crippen LogP contribution in [-0.2, 0) is 0 Å². The van der Waals surface area contributed by atoms with Gasteiger partial charge in [-0.2, -0.15) is 5.26 Å². The third-order valence-electron chi connectivity index (χ3n) is 2.32. The van der Waals surface area contributed by atoms with Gasteiger partial charge < -0.3 is 0 Å². The molecule has 0 unspecified atom stereocenters. The predicted molar refractivity (Wildman–Crippen MR) is 48.2 cm³/mol.